The zero-order chi connectivity index (χ0) is 14.1. The van der Waals surface area contributed by atoms with Crippen molar-refractivity contribution in [3.05, 3.63) is 12.7 Å². The van der Waals surface area contributed by atoms with Gasteiger partial charge in [0, 0.05) is 0 Å². The second kappa shape index (κ2) is 4.39. The summed E-state index contributed by atoms with van der Waals surface area (Å²) in [7, 11) is 0. The van der Waals surface area contributed by atoms with Crippen molar-refractivity contribution in [2.75, 3.05) is 6.61 Å². The average molecular weight is 276 g/mol. The third kappa shape index (κ3) is 2.67. The van der Waals surface area contributed by atoms with Gasteiger partial charge in [-0.2, -0.15) is 35.1 Å². The molecule has 0 aliphatic rings. The van der Waals surface area contributed by atoms with Gasteiger partial charge in [-0.15, -0.1) is 6.58 Å². The van der Waals surface area contributed by atoms with E-state index in [0.717, 1.165) is 0 Å². The van der Waals surface area contributed by atoms with E-state index < -0.39 is 30.7 Å². The highest BCUT2D eigenvalue weighted by Crippen LogP contribution is 2.54. The van der Waals surface area contributed by atoms with Gasteiger partial charge in [-0.1, -0.05) is 6.08 Å². The predicted molar refractivity (Wildman–Crippen MR) is 37.0 cm³/mol. The van der Waals surface area contributed by atoms with E-state index in [1.54, 1.807) is 0 Å². The Kier molecular flexibility index (Phi) is 4.15. The number of alkyl halides is 9. The van der Waals surface area contributed by atoms with Gasteiger partial charge in [-0.25, -0.2) is 4.39 Å². The lowest BCUT2D eigenvalue weighted by Crippen LogP contribution is -2.65. The summed E-state index contributed by atoms with van der Waals surface area (Å²) in [5.74, 6) is 0. The van der Waals surface area contributed by atoms with E-state index in [1.807, 2.05) is 0 Å². The Balaban J connectivity index is 5.56. The van der Waals surface area contributed by atoms with E-state index in [4.69, 9.17) is 0 Å². The molecular weight excluding hydrogens is 271 g/mol. The Labute approximate surface area is 88.8 Å². The van der Waals surface area contributed by atoms with Crippen LogP contribution in [0.2, 0.25) is 0 Å². The summed E-state index contributed by atoms with van der Waals surface area (Å²) >= 11 is 0. The maximum Gasteiger partial charge on any atom is 0.440 e. The molecule has 0 spiro atoms. The first-order chi connectivity index (χ1) is 7.31. The summed E-state index contributed by atoms with van der Waals surface area (Å²) in [6.45, 7) is 1.34. The maximum atomic E-state index is 12.7. The maximum absolute atomic E-state index is 12.7. The molecule has 0 amide bonds. The lowest BCUT2D eigenvalue weighted by atomic mass is 10.0. The van der Waals surface area contributed by atoms with Crippen molar-refractivity contribution in [3.63, 3.8) is 0 Å². The number of rotatable bonds is 4. The normalized spacial score (nSPS) is 14.9. The zero-order valence-electron chi connectivity index (χ0n) is 7.80. The van der Waals surface area contributed by atoms with Crippen LogP contribution in [0.5, 0.6) is 0 Å². The molecule has 0 radical (unpaired) electrons. The van der Waals surface area contributed by atoms with E-state index in [0.29, 0.717) is 6.08 Å². The van der Waals surface area contributed by atoms with Gasteiger partial charge in [-0.05, 0) is 0 Å². The number of ether oxygens (including phenoxy) is 1. The molecule has 0 N–H and O–H groups in total. The summed E-state index contributed by atoms with van der Waals surface area (Å²) < 4.78 is 112. The van der Waals surface area contributed by atoms with Gasteiger partial charge >= 0.3 is 24.1 Å². The van der Waals surface area contributed by atoms with Gasteiger partial charge in [0.25, 0.3) is 0 Å². The van der Waals surface area contributed by atoms with Crippen LogP contribution in [0.3, 0.4) is 0 Å². The van der Waals surface area contributed by atoms with Crippen LogP contribution in [0.25, 0.3) is 0 Å². The molecule has 10 heteroatoms. The van der Waals surface area contributed by atoms with Crippen LogP contribution in [0.1, 0.15) is 0 Å². The minimum Gasteiger partial charge on any atom is -0.313 e. The second-order valence-electron chi connectivity index (χ2n) is 2.77. The molecule has 102 valence electrons. The molecule has 0 saturated carbocycles. The number of hydrogen-bond donors (Lipinski definition) is 0. The SMILES string of the molecule is C=CCOC(F)(F)C(F)(C(F)(F)F)C(F)(F)F. The van der Waals surface area contributed by atoms with Crippen LogP contribution in [-0.2, 0) is 4.74 Å². The fourth-order valence-corrected chi connectivity index (χ4v) is 0.754. The highest BCUT2D eigenvalue weighted by molar-refractivity contribution is 5.01. The van der Waals surface area contributed by atoms with E-state index in [-0.39, 0.29) is 0 Å². The van der Waals surface area contributed by atoms with E-state index in [2.05, 4.69) is 11.3 Å². The summed E-state index contributed by atoms with van der Waals surface area (Å²) in [5, 5.41) is 0. The van der Waals surface area contributed by atoms with Crippen LogP contribution < -0.4 is 0 Å². The molecule has 0 aliphatic heterocycles. The molecule has 0 aromatic rings. The van der Waals surface area contributed by atoms with Crippen molar-refractivity contribution in [2.24, 2.45) is 0 Å². The molecule has 0 heterocycles. The van der Waals surface area contributed by atoms with E-state index >= 15 is 0 Å². The van der Waals surface area contributed by atoms with Crippen molar-refractivity contribution in [1.82, 2.24) is 0 Å². The largest absolute Gasteiger partial charge is 0.440 e. The van der Waals surface area contributed by atoms with Crippen LogP contribution in [0.15, 0.2) is 12.7 Å². The first-order valence-electron chi connectivity index (χ1n) is 3.76. The molecule has 17 heavy (non-hydrogen) atoms. The van der Waals surface area contributed by atoms with Crippen molar-refractivity contribution in [1.29, 1.82) is 0 Å². The lowest BCUT2D eigenvalue weighted by molar-refractivity contribution is -0.447. The average Bonchev–Trinajstić information content (AvgIpc) is 2.09. The van der Waals surface area contributed by atoms with E-state index in [9.17, 15) is 39.5 Å². The van der Waals surface area contributed by atoms with Crippen LogP contribution in [0, 0.1) is 0 Å². The van der Waals surface area contributed by atoms with Crippen molar-refractivity contribution in [3.8, 4) is 0 Å². The molecule has 0 saturated heterocycles. The third-order valence-electron chi connectivity index (χ3n) is 1.56. The quantitative estimate of drug-likeness (QED) is 0.563. The first kappa shape index (κ1) is 16.1. The molecule has 1 nitrogen and oxygen atoms in total. The Morgan fingerprint density at radius 1 is 0.824 bits per heavy atom. The van der Waals surface area contributed by atoms with Gasteiger partial charge in [0.1, 0.15) is 0 Å². The Bertz CT molecular complexity index is 262. The summed E-state index contributed by atoms with van der Waals surface area (Å²) in [4.78, 5) is 0. The van der Waals surface area contributed by atoms with Crippen molar-refractivity contribution in [2.45, 2.75) is 24.1 Å². The minimum atomic E-state index is -6.88. The van der Waals surface area contributed by atoms with Gasteiger partial charge in [0.2, 0.25) is 0 Å². The molecule has 0 fully saturated rings. The number of hydrogen-bond acceptors (Lipinski definition) is 1. The monoisotopic (exact) mass is 276 g/mol. The second-order valence-corrected chi connectivity index (χ2v) is 2.77. The van der Waals surface area contributed by atoms with Gasteiger partial charge in [0.15, 0.2) is 0 Å². The van der Waals surface area contributed by atoms with Crippen LogP contribution in [-0.4, -0.2) is 30.7 Å². The molecule has 0 bridgehead atoms. The molecule has 0 aromatic heterocycles. The van der Waals surface area contributed by atoms with Crippen molar-refractivity contribution < 1.29 is 44.3 Å². The van der Waals surface area contributed by atoms with Gasteiger partial charge in [0.05, 0.1) is 6.61 Å². The summed E-state index contributed by atoms with van der Waals surface area (Å²) in [6.07, 6.45) is -19.4. The smallest absolute Gasteiger partial charge is 0.313 e. The Morgan fingerprint density at radius 2 is 1.18 bits per heavy atom. The lowest BCUT2D eigenvalue weighted by Gasteiger charge is -2.35. The molecule has 0 unspecified atom stereocenters. The molecule has 0 aromatic carbocycles. The minimum absolute atomic E-state index is 0.446. The predicted octanol–water partition coefficient (Wildman–Crippen LogP) is 3.61. The van der Waals surface area contributed by atoms with Crippen LogP contribution >= 0.6 is 0 Å². The first-order valence-corrected chi connectivity index (χ1v) is 3.76. The number of halogens is 9. The standard InChI is InChI=1S/C7H5F9O/c1-2-3-17-7(15,16)4(8,5(9,10)11)6(12,13)14/h2H,1,3H2. The Morgan fingerprint density at radius 3 is 1.41 bits per heavy atom. The molecule has 0 rings (SSSR count). The Hall–Kier alpha value is -0.930. The summed E-state index contributed by atoms with van der Waals surface area (Å²) in [5.41, 5.74) is -6.78. The van der Waals surface area contributed by atoms with Crippen LogP contribution in [0.4, 0.5) is 39.5 Å². The fraction of sp³-hybridized carbons (Fsp3) is 0.714. The fourth-order valence-electron chi connectivity index (χ4n) is 0.754. The molecular formula is C7H5F9O. The highest BCUT2D eigenvalue weighted by atomic mass is 19.4. The van der Waals surface area contributed by atoms with Gasteiger partial charge in [-0.3, -0.25) is 0 Å². The molecule has 0 atom stereocenters. The summed E-state index contributed by atoms with van der Waals surface area (Å²) in [6, 6.07) is 0. The van der Waals surface area contributed by atoms with E-state index in [1.165, 1.54) is 0 Å². The molecule has 0 aliphatic carbocycles. The highest BCUT2D eigenvalue weighted by Gasteiger charge is 2.85. The third-order valence-corrected chi connectivity index (χ3v) is 1.56. The van der Waals surface area contributed by atoms with Gasteiger partial charge < -0.3 is 4.74 Å². The van der Waals surface area contributed by atoms with Crippen molar-refractivity contribution >= 4 is 0 Å². The zero-order valence-corrected chi connectivity index (χ0v) is 7.80. The topological polar surface area (TPSA) is 9.23 Å².